The third kappa shape index (κ3) is 4.59. The molecule has 1 aromatic heterocycles. The van der Waals surface area contributed by atoms with Crippen molar-refractivity contribution in [3.63, 3.8) is 0 Å². The average molecular weight is 305 g/mol. The normalized spacial score (nSPS) is 14.2. The molecule has 112 valence electrons. The van der Waals surface area contributed by atoms with Crippen molar-refractivity contribution in [2.24, 2.45) is 5.73 Å². The molecule has 3 N–H and O–H groups in total. The molecule has 0 atom stereocenters. The second-order valence-corrected chi connectivity index (χ2v) is 5.74. The summed E-state index contributed by atoms with van der Waals surface area (Å²) in [6, 6.07) is 1.72. The highest BCUT2D eigenvalue weighted by Gasteiger charge is 2.17. The molecule has 1 aliphatic rings. The van der Waals surface area contributed by atoms with E-state index in [4.69, 9.17) is 5.73 Å². The lowest BCUT2D eigenvalue weighted by atomic mass is 10.1. The summed E-state index contributed by atoms with van der Waals surface area (Å²) in [6.45, 7) is 1.94. The Bertz CT molecular complexity index is 565. The van der Waals surface area contributed by atoms with E-state index in [9.17, 15) is 9.59 Å². The van der Waals surface area contributed by atoms with Crippen LogP contribution in [0.3, 0.4) is 0 Å². The van der Waals surface area contributed by atoms with Crippen LogP contribution in [0, 0.1) is 11.8 Å². The van der Waals surface area contributed by atoms with E-state index in [-0.39, 0.29) is 18.4 Å². The Morgan fingerprint density at radius 1 is 1.33 bits per heavy atom. The van der Waals surface area contributed by atoms with Crippen molar-refractivity contribution in [3.8, 4) is 11.8 Å². The molecule has 0 saturated carbocycles. The van der Waals surface area contributed by atoms with E-state index < -0.39 is 0 Å². The Morgan fingerprint density at radius 2 is 2.10 bits per heavy atom. The van der Waals surface area contributed by atoms with Crippen LogP contribution in [0.15, 0.2) is 11.4 Å². The van der Waals surface area contributed by atoms with E-state index in [1.165, 1.54) is 17.8 Å². The van der Waals surface area contributed by atoms with Gasteiger partial charge in [-0.05, 0) is 25.3 Å². The maximum Gasteiger partial charge on any atom is 0.252 e. The van der Waals surface area contributed by atoms with E-state index in [0.717, 1.165) is 30.8 Å². The van der Waals surface area contributed by atoms with Crippen molar-refractivity contribution in [3.05, 3.63) is 21.9 Å². The zero-order chi connectivity index (χ0) is 15.1. The van der Waals surface area contributed by atoms with Crippen LogP contribution >= 0.6 is 11.3 Å². The van der Waals surface area contributed by atoms with Crippen LogP contribution in [-0.4, -0.2) is 42.9 Å². The van der Waals surface area contributed by atoms with Crippen LogP contribution in [0.1, 0.15) is 34.5 Å². The summed E-state index contributed by atoms with van der Waals surface area (Å²) in [6.07, 6.45) is 3.28. The highest BCUT2D eigenvalue weighted by Crippen LogP contribution is 2.13. The monoisotopic (exact) mass is 305 g/mol. The summed E-state index contributed by atoms with van der Waals surface area (Å²) in [5.41, 5.74) is 5.84. The maximum atomic E-state index is 12.0. The molecular weight excluding hydrogens is 286 g/mol. The minimum absolute atomic E-state index is 0.0126. The standard InChI is InChI=1S/C15H19N3O2S/c16-6-4-5-13-9-12(11-21-13)15(20)17-10-14(19)18-7-2-1-3-8-18/h9,11H,1-3,6-8,10,16H2,(H,17,20). The first-order valence-electron chi connectivity index (χ1n) is 7.04. The third-order valence-electron chi connectivity index (χ3n) is 3.28. The number of carbonyl (C=O) groups is 2. The van der Waals surface area contributed by atoms with E-state index in [1.807, 2.05) is 4.90 Å². The number of nitrogens with zero attached hydrogens (tertiary/aromatic N) is 1. The van der Waals surface area contributed by atoms with Gasteiger partial charge in [0, 0.05) is 18.5 Å². The lowest BCUT2D eigenvalue weighted by molar-refractivity contribution is -0.130. The zero-order valence-corrected chi connectivity index (χ0v) is 12.7. The van der Waals surface area contributed by atoms with Gasteiger partial charge in [0.25, 0.3) is 5.91 Å². The Labute approximate surface area is 128 Å². The Hall–Kier alpha value is -1.84. The van der Waals surface area contributed by atoms with Crippen LogP contribution in [0.2, 0.25) is 0 Å². The van der Waals surface area contributed by atoms with E-state index >= 15 is 0 Å². The molecule has 0 spiro atoms. The van der Waals surface area contributed by atoms with Gasteiger partial charge < -0.3 is 16.0 Å². The fourth-order valence-corrected chi connectivity index (χ4v) is 2.93. The van der Waals surface area contributed by atoms with Crippen molar-refractivity contribution >= 4 is 23.2 Å². The SMILES string of the molecule is NCC#Cc1cc(C(=O)NCC(=O)N2CCCCC2)cs1. The van der Waals surface area contributed by atoms with Crippen molar-refractivity contribution in [1.82, 2.24) is 10.2 Å². The molecule has 0 aromatic carbocycles. The lowest BCUT2D eigenvalue weighted by Crippen LogP contribution is -2.42. The van der Waals surface area contributed by atoms with Gasteiger partial charge in [-0.1, -0.05) is 11.8 Å². The Balaban J connectivity index is 1.83. The predicted molar refractivity (Wildman–Crippen MR) is 83.0 cm³/mol. The number of thiophene rings is 1. The number of carbonyl (C=O) groups excluding carboxylic acids is 2. The molecule has 2 rings (SSSR count). The molecular formula is C15H19N3O2S. The van der Waals surface area contributed by atoms with Crippen molar-refractivity contribution in [1.29, 1.82) is 0 Å². The van der Waals surface area contributed by atoms with Gasteiger partial charge in [-0.15, -0.1) is 11.3 Å². The van der Waals surface area contributed by atoms with Gasteiger partial charge in [0.15, 0.2) is 0 Å². The molecule has 1 aliphatic heterocycles. The third-order valence-corrected chi connectivity index (χ3v) is 4.13. The zero-order valence-electron chi connectivity index (χ0n) is 11.9. The first kappa shape index (κ1) is 15.5. The van der Waals surface area contributed by atoms with Gasteiger partial charge in [-0.25, -0.2) is 0 Å². The van der Waals surface area contributed by atoms with Crippen molar-refractivity contribution in [2.45, 2.75) is 19.3 Å². The lowest BCUT2D eigenvalue weighted by Gasteiger charge is -2.26. The van der Waals surface area contributed by atoms with Crippen molar-refractivity contribution in [2.75, 3.05) is 26.2 Å². The fourth-order valence-electron chi connectivity index (χ4n) is 2.17. The summed E-state index contributed by atoms with van der Waals surface area (Å²) in [5, 5.41) is 4.41. The van der Waals surface area contributed by atoms with Gasteiger partial charge in [0.1, 0.15) is 0 Å². The van der Waals surface area contributed by atoms with Crippen LogP contribution < -0.4 is 11.1 Å². The van der Waals surface area contributed by atoms with Gasteiger partial charge >= 0.3 is 0 Å². The van der Waals surface area contributed by atoms with E-state index in [1.54, 1.807) is 11.4 Å². The molecule has 0 radical (unpaired) electrons. The first-order chi connectivity index (χ1) is 10.2. The van der Waals surface area contributed by atoms with Gasteiger partial charge in [-0.2, -0.15) is 0 Å². The molecule has 6 heteroatoms. The van der Waals surface area contributed by atoms with Crippen LogP contribution in [0.4, 0.5) is 0 Å². The molecule has 0 bridgehead atoms. The number of rotatable bonds is 3. The molecule has 1 aromatic rings. The highest BCUT2D eigenvalue weighted by atomic mass is 32.1. The number of nitrogens with two attached hydrogens (primary N) is 1. The molecule has 0 unspecified atom stereocenters. The highest BCUT2D eigenvalue weighted by molar-refractivity contribution is 7.10. The van der Waals surface area contributed by atoms with Gasteiger partial charge in [0.05, 0.1) is 23.5 Å². The average Bonchev–Trinajstić information content (AvgIpc) is 3.00. The van der Waals surface area contributed by atoms with Gasteiger partial charge in [-0.3, -0.25) is 9.59 Å². The molecule has 1 saturated heterocycles. The summed E-state index contributed by atoms with van der Waals surface area (Å²) in [5.74, 6) is 5.38. The molecule has 2 heterocycles. The summed E-state index contributed by atoms with van der Waals surface area (Å²) >= 11 is 1.39. The Morgan fingerprint density at radius 3 is 2.81 bits per heavy atom. The summed E-state index contributed by atoms with van der Waals surface area (Å²) in [7, 11) is 0. The number of nitrogens with one attached hydrogen (secondary N) is 1. The van der Waals surface area contributed by atoms with E-state index in [2.05, 4.69) is 17.2 Å². The van der Waals surface area contributed by atoms with Crippen molar-refractivity contribution < 1.29 is 9.59 Å². The maximum absolute atomic E-state index is 12.0. The van der Waals surface area contributed by atoms with E-state index in [0.29, 0.717) is 12.1 Å². The van der Waals surface area contributed by atoms with Gasteiger partial charge in [0.2, 0.25) is 5.91 Å². The largest absolute Gasteiger partial charge is 0.343 e. The minimum atomic E-state index is -0.239. The number of hydrogen-bond donors (Lipinski definition) is 2. The second kappa shape index (κ2) is 7.81. The second-order valence-electron chi connectivity index (χ2n) is 4.83. The Kier molecular flexibility index (Phi) is 5.78. The quantitative estimate of drug-likeness (QED) is 0.811. The predicted octanol–water partition coefficient (Wildman–Crippen LogP) is 0.801. The summed E-state index contributed by atoms with van der Waals surface area (Å²) in [4.78, 5) is 26.5. The molecule has 0 aliphatic carbocycles. The fraction of sp³-hybridized carbons (Fsp3) is 0.467. The smallest absolute Gasteiger partial charge is 0.252 e. The number of amides is 2. The first-order valence-corrected chi connectivity index (χ1v) is 7.92. The van der Waals surface area contributed by atoms with Crippen LogP contribution in [0.5, 0.6) is 0 Å². The number of hydrogen-bond acceptors (Lipinski definition) is 4. The molecule has 1 fully saturated rings. The summed E-state index contributed by atoms with van der Waals surface area (Å²) < 4.78 is 0. The molecule has 5 nitrogen and oxygen atoms in total. The molecule has 21 heavy (non-hydrogen) atoms. The van der Waals surface area contributed by atoms with Crippen LogP contribution in [0.25, 0.3) is 0 Å². The topological polar surface area (TPSA) is 75.4 Å². The number of piperidine rings is 1. The van der Waals surface area contributed by atoms with Crippen LogP contribution in [-0.2, 0) is 4.79 Å². The molecule has 2 amide bonds. The number of likely N-dealkylation sites (tertiary alicyclic amines) is 1. The minimum Gasteiger partial charge on any atom is -0.343 e.